The number of aromatic carboxylic acids is 1. The molecule has 44 heavy (non-hydrogen) atoms. The van der Waals surface area contributed by atoms with Crippen molar-refractivity contribution in [1.29, 1.82) is 0 Å². The van der Waals surface area contributed by atoms with E-state index in [0.717, 1.165) is 4.68 Å². The van der Waals surface area contributed by atoms with Crippen molar-refractivity contribution in [2.75, 3.05) is 11.9 Å². The number of halogens is 5. The first-order valence-electron chi connectivity index (χ1n) is 13.3. The summed E-state index contributed by atoms with van der Waals surface area (Å²) in [6.07, 6.45) is -8.59. The summed E-state index contributed by atoms with van der Waals surface area (Å²) >= 11 is 0. The Hall–Kier alpha value is -5.14. The van der Waals surface area contributed by atoms with Gasteiger partial charge in [-0.15, -0.1) is 8.78 Å². The zero-order chi connectivity index (χ0) is 31.4. The Labute approximate surface area is 246 Å². The minimum atomic E-state index is -4.76. The smallest absolute Gasteiger partial charge is 0.484 e. The maximum absolute atomic E-state index is 14.1. The first-order chi connectivity index (χ1) is 20.8. The molecule has 2 aliphatic rings. The second-order valence-electron chi connectivity index (χ2n) is 10.2. The Balaban J connectivity index is 1.34. The van der Waals surface area contributed by atoms with E-state index >= 15 is 0 Å². The maximum atomic E-state index is 14.1. The van der Waals surface area contributed by atoms with Crippen molar-refractivity contribution in [3.05, 3.63) is 94.8 Å². The number of carbonyl (C=O) groups is 2. The minimum absolute atomic E-state index is 0.0243. The van der Waals surface area contributed by atoms with E-state index in [0.29, 0.717) is 12.8 Å². The summed E-state index contributed by atoms with van der Waals surface area (Å²) < 4.78 is 85.3. The number of carboxylic acids is 1. The summed E-state index contributed by atoms with van der Waals surface area (Å²) in [6, 6.07) is 15.2. The van der Waals surface area contributed by atoms with Crippen LogP contribution in [0.3, 0.4) is 0 Å². The number of carbonyl (C=O) groups excluding carboxylic acids is 1. The van der Waals surface area contributed by atoms with E-state index in [4.69, 9.17) is 9.84 Å². The number of hydrogen-bond acceptors (Lipinski definition) is 6. The summed E-state index contributed by atoms with van der Waals surface area (Å²) in [5, 5.41) is 13.1. The third kappa shape index (κ3) is 5.38. The van der Waals surface area contributed by atoms with Gasteiger partial charge in [-0.25, -0.2) is 9.48 Å². The van der Waals surface area contributed by atoms with Gasteiger partial charge >= 0.3 is 18.4 Å². The molecule has 1 aromatic heterocycles. The standard InChI is InChI=1S/C30H22F5N3O6/c1-37(18-10-13-22-24(15-18)44-30(34,35)43-22)27(39)17-4-2-5-19(14-17)38-25-21(26(36-38)29(31,32)33)6-3-7-23(25)42-20-11-8-16(9-12-20)28(40)41/h2,4-5,8-15,23H,3,6-7H2,1H3,(H,40,41)/t23-/m1/s1. The van der Waals surface area contributed by atoms with Gasteiger partial charge in [-0.3, -0.25) is 4.79 Å². The van der Waals surface area contributed by atoms with Crippen LogP contribution in [0.5, 0.6) is 17.2 Å². The van der Waals surface area contributed by atoms with Crippen molar-refractivity contribution in [1.82, 2.24) is 9.78 Å². The van der Waals surface area contributed by atoms with E-state index in [-0.39, 0.29) is 57.4 Å². The molecule has 0 spiro atoms. The Bertz CT molecular complexity index is 1770. The van der Waals surface area contributed by atoms with Gasteiger partial charge in [0.05, 0.1) is 16.9 Å². The molecule has 2 heterocycles. The predicted molar refractivity (Wildman–Crippen MR) is 144 cm³/mol. The molecule has 0 radical (unpaired) electrons. The first kappa shape index (κ1) is 29.0. The fraction of sp³-hybridized carbons (Fsp3) is 0.233. The highest BCUT2D eigenvalue weighted by Crippen LogP contribution is 2.44. The van der Waals surface area contributed by atoms with Gasteiger partial charge in [-0.2, -0.15) is 18.3 Å². The molecular formula is C30H22F5N3O6. The Morgan fingerprint density at radius 1 is 1.02 bits per heavy atom. The van der Waals surface area contributed by atoms with Crippen LogP contribution in [-0.4, -0.2) is 40.1 Å². The molecule has 1 atom stereocenters. The van der Waals surface area contributed by atoms with Crippen molar-refractivity contribution in [3.63, 3.8) is 0 Å². The Morgan fingerprint density at radius 2 is 1.75 bits per heavy atom. The van der Waals surface area contributed by atoms with Crippen LogP contribution in [0, 0.1) is 0 Å². The lowest BCUT2D eigenvalue weighted by molar-refractivity contribution is -0.286. The molecule has 9 nitrogen and oxygen atoms in total. The fourth-order valence-electron chi connectivity index (χ4n) is 5.25. The van der Waals surface area contributed by atoms with Crippen molar-refractivity contribution >= 4 is 17.6 Å². The lowest BCUT2D eigenvalue weighted by Crippen LogP contribution is -2.26. The van der Waals surface area contributed by atoms with Gasteiger partial charge in [-0.1, -0.05) is 6.07 Å². The predicted octanol–water partition coefficient (Wildman–Crippen LogP) is 6.64. The van der Waals surface area contributed by atoms with Crippen molar-refractivity contribution in [2.45, 2.75) is 37.8 Å². The quantitative estimate of drug-likeness (QED) is 0.243. The molecule has 6 rings (SSSR count). The molecule has 1 N–H and O–H groups in total. The number of amides is 1. The first-order valence-corrected chi connectivity index (χ1v) is 13.3. The topological polar surface area (TPSA) is 103 Å². The van der Waals surface area contributed by atoms with Crippen molar-refractivity contribution in [2.24, 2.45) is 0 Å². The zero-order valence-electron chi connectivity index (χ0n) is 22.8. The molecule has 0 saturated heterocycles. The van der Waals surface area contributed by atoms with Crippen LogP contribution in [0.4, 0.5) is 27.6 Å². The van der Waals surface area contributed by atoms with Gasteiger partial charge in [0, 0.05) is 29.9 Å². The SMILES string of the molecule is CN(C(=O)c1cccc(-n2nc(C(F)(F)F)c3c2[C@H](Oc2ccc(C(=O)O)cc2)CCC3)c1)c1ccc2c(c1)OC(F)(F)O2. The molecule has 1 aliphatic heterocycles. The molecule has 0 fully saturated rings. The molecule has 228 valence electrons. The van der Waals surface area contributed by atoms with Crippen LogP contribution in [0.2, 0.25) is 0 Å². The summed E-state index contributed by atoms with van der Waals surface area (Å²) in [4.78, 5) is 25.8. The van der Waals surface area contributed by atoms with Crippen molar-refractivity contribution < 1.29 is 50.9 Å². The van der Waals surface area contributed by atoms with E-state index in [2.05, 4.69) is 14.6 Å². The van der Waals surface area contributed by atoms with Crippen LogP contribution >= 0.6 is 0 Å². The van der Waals surface area contributed by atoms with Crippen LogP contribution < -0.4 is 19.1 Å². The zero-order valence-corrected chi connectivity index (χ0v) is 22.8. The maximum Gasteiger partial charge on any atom is 0.586 e. The van der Waals surface area contributed by atoms with Crippen LogP contribution in [0.15, 0.2) is 66.7 Å². The van der Waals surface area contributed by atoms with E-state index < -0.39 is 36.1 Å². The number of alkyl halides is 5. The molecule has 3 aromatic carbocycles. The third-order valence-corrected chi connectivity index (χ3v) is 7.28. The van der Waals surface area contributed by atoms with E-state index in [1.807, 2.05) is 0 Å². The number of hydrogen-bond donors (Lipinski definition) is 1. The number of ether oxygens (including phenoxy) is 3. The normalized spacial score (nSPS) is 16.7. The number of rotatable bonds is 6. The molecule has 1 aliphatic carbocycles. The molecule has 14 heteroatoms. The lowest BCUT2D eigenvalue weighted by Gasteiger charge is -2.26. The Morgan fingerprint density at radius 3 is 2.45 bits per heavy atom. The third-order valence-electron chi connectivity index (χ3n) is 7.28. The second-order valence-corrected chi connectivity index (χ2v) is 10.2. The summed E-state index contributed by atoms with van der Waals surface area (Å²) in [5.41, 5.74) is -0.438. The van der Waals surface area contributed by atoms with Crippen LogP contribution in [-0.2, 0) is 12.6 Å². The highest BCUT2D eigenvalue weighted by Gasteiger charge is 2.44. The molecule has 0 unspecified atom stereocenters. The highest BCUT2D eigenvalue weighted by atomic mass is 19.4. The molecule has 1 amide bonds. The number of benzene rings is 3. The number of carboxylic acid groups (broad SMARTS) is 1. The molecule has 0 saturated carbocycles. The van der Waals surface area contributed by atoms with Crippen LogP contribution in [0.25, 0.3) is 5.69 Å². The summed E-state index contributed by atoms with van der Waals surface area (Å²) in [7, 11) is 1.40. The molecule has 4 aromatic rings. The summed E-state index contributed by atoms with van der Waals surface area (Å²) in [6.45, 7) is 0. The summed E-state index contributed by atoms with van der Waals surface area (Å²) in [5.74, 6) is -1.90. The largest absolute Gasteiger partial charge is 0.586 e. The van der Waals surface area contributed by atoms with Gasteiger partial charge in [0.2, 0.25) is 0 Å². The van der Waals surface area contributed by atoms with Crippen LogP contribution in [0.1, 0.15) is 56.6 Å². The molecule has 0 bridgehead atoms. The van der Waals surface area contributed by atoms with Gasteiger partial charge in [0.25, 0.3) is 5.91 Å². The van der Waals surface area contributed by atoms with Gasteiger partial charge in [0.15, 0.2) is 17.2 Å². The monoisotopic (exact) mass is 615 g/mol. The van der Waals surface area contributed by atoms with Gasteiger partial charge < -0.3 is 24.2 Å². The van der Waals surface area contributed by atoms with Gasteiger partial charge in [0.1, 0.15) is 11.9 Å². The number of aromatic nitrogens is 2. The van der Waals surface area contributed by atoms with Gasteiger partial charge in [-0.05, 0) is 73.9 Å². The Kier molecular flexibility index (Phi) is 6.94. The second kappa shape index (κ2) is 10.5. The number of fused-ring (bicyclic) bond motifs is 2. The number of anilines is 1. The van der Waals surface area contributed by atoms with E-state index in [1.165, 1.54) is 78.7 Å². The average molecular weight is 616 g/mol. The van der Waals surface area contributed by atoms with E-state index in [9.17, 15) is 31.5 Å². The highest BCUT2D eigenvalue weighted by molar-refractivity contribution is 6.06. The fourth-order valence-corrected chi connectivity index (χ4v) is 5.25. The average Bonchev–Trinajstić information content (AvgIpc) is 3.53. The number of nitrogens with zero attached hydrogens (tertiary/aromatic N) is 3. The van der Waals surface area contributed by atoms with Crippen molar-refractivity contribution in [3.8, 4) is 22.9 Å². The molecular weight excluding hydrogens is 593 g/mol. The minimum Gasteiger partial charge on any atom is -0.484 e. The van der Waals surface area contributed by atoms with E-state index in [1.54, 1.807) is 0 Å². The lowest BCUT2D eigenvalue weighted by atomic mass is 9.92.